The first kappa shape index (κ1) is 10.5. The van der Waals surface area contributed by atoms with E-state index in [0.29, 0.717) is 18.8 Å². The standard InChI is InChI=1S/C7H12O3S/c1-3-7(8)10-5-4-6-11(2)9/h3H,1,4-6H2,2H3. The van der Waals surface area contributed by atoms with Crippen molar-refractivity contribution in [1.29, 1.82) is 0 Å². The molecule has 0 aliphatic rings. The van der Waals surface area contributed by atoms with Crippen LogP contribution in [0.4, 0.5) is 0 Å². The minimum atomic E-state index is -0.799. The molecule has 11 heavy (non-hydrogen) atoms. The van der Waals surface area contributed by atoms with Crippen LogP contribution in [0.25, 0.3) is 0 Å². The van der Waals surface area contributed by atoms with E-state index in [9.17, 15) is 9.35 Å². The lowest BCUT2D eigenvalue weighted by Gasteiger charge is -2.04. The van der Waals surface area contributed by atoms with E-state index in [1.807, 2.05) is 0 Å². The molecule has 0 heterocycles. The first-order valence-corrected chi connectivity index (χ1v) is 4.98. The van der Waals surface area contributed by atoms with Crippen molar-refractivity contribution in [3.8, 4) is 0 Å². The highest BCUT2D eigenvalue weighted by molar-refractivity contribution is 7.90. The van der Waals surface area contributed by atoms with E-state index < -0.39 is 17.1 Å². The third-order valence-corrected chi connectivity index (χ3v) is 1.85. The van der Waals surface area contributed by atoms with E-state index in [-0.39, 0.29) is 0 Å². The number of hydrogen-bond acceptors (Lipinski definition) is 3. The molecule has 0 saturated heterocycles. The molecule has 4 heteroatoms. The Hall–Kier alpha value is -0.480. The van der Waals surface area contributed by atoms with Crippen molar-refractivity contribution in [2.24, 2.45) is 0 Å². The lowest BCUT2D eigenvalue weighted by atomic mass is 10.5. The fourth-order valence-electron chi connectivity index (χ4n) is 0.494. The highest BCUT2D eigenvalue weighted by Crippen LogP contribution is 1.90. The molecule has 1 atom stereocenters. The van der Waals surface area contributed by atoms with E-state index in [1.165, 1.54) is 0 Å². The van der Waals surface area contributed by atoms with Gasteiger partial charge in [0.15, 0.2) is 0 Å². The molecule has 3 nitrogen and oxygen atoms in total. The molecule has 0 bridgehead atoms. The Balaban J connectivity index is 3.14. The first-order chi connectivity index (χ1) is 5.16. The Morgan fingerprint density at radius 3 is 2.91 bits per heavy atom. The number of esters is 1. The SMILES string of the molecule is C=CC(=O)OCCC[S+](C)[O-]. The van der Waals surface area contributed by atoms with Crippen LogP contribution in [0, 0.1) is 0 Å². The molecular formula is C7H12O3S. The van der Waals surface area contributed by atoms with Crippen molar-refractivity contribution in [3.63, 3.8) is 0 Å². The minimum Gasteiger partial charge on any atom is -0.617 e. The average molecular weight is 176 g/mol. The van der Waals surface area contributed by atoms with Gasteiger partial charge >= 0.3 is 5.97 Å². The number of ether oxygens (including phenoxy) is 1. The van der Waals surface area contributed by atoms with Gasteiger partial charge in [0.1, 0.15) is 5.75 Å². The van der Waals surface area contributed by atoms with Gasteiger partial charge in [0.2, 0.25) is 0 Å². The quantitative estimate of drug-likeness (QED) is 0.265. The van der Waals surface area contributed by atoms with Crippen LogP contribution in [0.5, 0.6) is 0 Å². The summed E-state index contributed by atoms with van der Waals surface area (Å²) in [5.74, 6) is 0.150. The van der Waals surface area contributed by atoms with Crippen LogP contribution in [-0.2, 0) is 20.7 Å². The van der Waals surface area contributed by atoms with Gasteiger partial charge in [0, 0.05) is 12.5 Å². The van der Waals surface area contributed by atoms with Gasteiger partial charge in [-0.3, -0.25) is 0 Å². The maximum atomic E-state index is 10.5. The van der Waals surface area contributed by atoms with Gasteiger partial charge in [0.05, 0.1) is 12.9 Å². The topological polar surface area (TPSA) is 49.4 Å². The number of hydrogen-bond donors (Lipinski definition) is 0. The molecule has 0 saturated carbocycles. The molecule has 0 spiro atoms. The van der Waals surface area contributed by atoms with Gasteiger partial charge in [-0.1, -0.05) is 17.8 Å². The van der Waals surface area contributed by atoms with E-state index >= 15 is 0 Å². The highest BCUT2D eigenvalue weighted by Gasteiger charge is 1.98. The Kier molecular flexibility index (Phi) is 5.97. The summed E-state index contributed by atoms with van der Waals surface area (Å²) < 4.78 is 15.2. The number of carbonyl (C=O) groups is 1. The van der Waals surface area contributed by atoms with Gasteiger partial charge in [-0.15, -0.1) is 0 Å². The highest BCUT2D eigenvalue weighted by atomic mass is 32.2. The van der Waals surface area contributed by atoms with Crippen LogP contribution in [0.15, 0.2) is 12.7 Å². The maximum Gasteiger partial charge on any atom is 0.330 e. The Morgan fingerprint density at radius 1 is 1.82 bits per heavy atom. The zero-order valence-corrected chi connectivity index (χ0v) is 7.36. The molecule has 0 fully saturated rings. The van der Waals surface area contributed by atoms with E-state index in [1.54, 1.807) is 6.26 Å². The zero-order valence-electron chi connectivity index (χ0n) is 6.54. The predicted molar refractivity (Wildman–Crippen MR) is 44.7 cm³/mol. The molecule has 0 aromatic heterocycles. The van der Waals surface area contributed by atoms with Crippen LogP contribution in [-0.4, -0.2) is 29.1 Å². The Morgan fingerprint density at radius 2 is 2.45 bits per heavy atom. The Bertz CT molecular complexity index is 134. The van der Waals surface area contributed by atoms with Gasteiger partial charge in [-0.05, 0) is 0 Å². The van der Waals surface area contributed by atoms with Crippen LogP contribution < -0.4 is 0 Å². The Labute approximate surface area is 69.6 Å². The lowest BCUT2D eigenvalue weighted by molar-refractivity contribution is -0.137. The molecular weight excluding hydrogens is 164 g/mol. The second-order valence-electron chi connectivity index (χ2n) is 2.00. The third kappa shape index (κ3) is 7.42. The van der Waals surface area contributed by atoms with Crippen molar-refractivity contribution in [1.82, 2.24) is 0 Å². The summed E-state index contributed by atoms with van der Waals surface area (Å²) >= 11 is -0.799. The largest absolute Gasteiger partial charge is 0.617 e. The summed E-state index contributed by atoms with van der Waals surface area (Å²) in [4.78, 5) is 10.4. The smallest absolute Gasteiger partial charge is 0.330 e. The predicted octanol–water partition coefficient (Wildman–Crippen LogP) is 0.484. The van der Waals surface area contributed by atoms with Crippen LogP contribution in [0.1, 0.15) is 6.42 Å². The summed E-state index contributed by atoms with van der Waals surface area (Å²) in [6.45, 7) is 3.56. The molecule has 0 N–H and O–H groups in total. The maximum absolute atomic E-state index is 10.5. The van der Waals surface area contributed by atoms with Crippen molar-refractivity contribution in [3.05, 3.63) is 12.7 Å². The van der Waals surface area contributed by atoms with Crippen molar-refractivity contribution in [2.75, 3.05) is 18.6 Å². The number of carbonyl (C=O) groups excluding carboxylic acids is 1. The number of rotatable bonds is 5. The molecule has 0 amide bonds. The molecule has 0 aliphatic carbocycles. The molecule has 1 unspecified atom stereocenters. The molecule has 0 aromatic carbocycles. The molecule has 0 rings (SSSR count). The summed E-state index contributed by atoms with van der Waals surface area (Å²) in [5, 5.41) is 0. The second kappa shape index (κ2) is 6.24. The molecule has 0 radical (unpaired) electrons. The van der Waals surface area contributed by atoms with Crippen molar-refractivity contribution in [2.45, 2.75) is 6.42 Å². The average Bonchev–Trinajstić information content (AvgIpc) is 1.97. The van der Waals surface area contributed by atoms with Gasteiger partial charge in [-0.2, -0.15) is 0 Å². The van der Waals surface area contributed by atoms with Gasteiger partial charge in [-0.25, -0.2) is 4.79 Å². The van der Waals surface area contributed by atoms with Crippen molar-refractivity contribution >= 4 is 17.1 Å². The summed E-state index contributed by atoms with van der Waals surface area (Å²) in [6, 6.07) is 0. The molecule has 0 aliphatic heterocycles. The van der Waals surface area contributed by atoms with Crippen LogP contribution in [0.3, 0.4) is 0 Å². The summed E-state index contributed by atoms with van der Waals surface area (Å²) in [7, 11) is 0. The van der Waals surface area contributed by atoms with Gasteiger partial charge in [0.25, 0.3) is 0 Å². The molecule has 0 aromatic rings. The second-order valence-corrected chi connectivity index (χ2v) is 3.56. The van der Waals surface area contributed by atoms with Crippen molar-refractivity contribution < 1.29 is 14.1 Å². The first-order valence-electron chi connectivity index (χ1n) is 3.26. The summed E-state index contributed by atoms with van der Waals surface area (Å²) in [6.07, 6.45) is 3.38. The molecule has 64 valence electrons. The van der Waals surface area contributed by atoms with Gasteiger partial charge < -0.3 is 9.29 Å². The van der Waals surface area contributed by atoms with Crippen LogP contribution in [0.2, 0.25) is 0 Å². The fraction of sp³-hybridized carbons (Fsp3) is 0.571. The monoisotopic (exact) mass is 176 g/mol. The van der Waals surface area contributed by atoms with E-state index in [0.717, 1.165) is 6.08 Å². The lowest BCUT2D eigenvalue weighted by Crippen LogP contribution is -2.08. The van der Waals surface area contributed by atoms with E-state index in [4.69, 9.17) is 0 Å². The van der Waals surface area contributed by atoms with Crippen LogP contribution >= 0.6 is 0 Å². The zero-order chi connectivity index (χ0) is 8.69. The summed E-state index contributed by atoms with van der Waals surface area (Å²) in [5.41, 5.74) is 0. The van der Waals surface area contributed by atoms with E-state index in [2.05, 4.69) is 11.3 Å². The normalized spacial score (nSPS) is 12.2. The third-order valence-electron chi connectivity index (χ3n) is 0.987. The minimum absolute atomic E-state index is 0.324. The fourth-order valence-corrected chi connectivity index (χ4v) is 1.02.